The van der Waals surface area contributed by atoms with Gasteiger partial charge in [-0.2, -0.15) is 0 Å². The molecule has 2 aromatic rings. The molecule has 0 saturated carbocycles. The predicted molar refractivity (Wildman–Crippen MR) is 79.9 cm³/mol. The number of esters is 1. The van der Waals surface area contributed by atoms with E-state index in [1.165, 1.54) is 25.3 Å². The van der Waals surface area contributed by atoms with Crippen molar-refractivity contribution in [2.75, 3.05) is 7.11 Å². The largest absolute Gasteiger partial charge is 0.482 e. The molecule has 0 amide bonds. The highest BCUT2D eigenvalue weighted by molar-refractivity contribution is 5.90. The van der Waals surface area contributed by atoms with E-state index in [1.54, 1.807) is 0 Å². The molecule has 0 aliphatic carbocycles. The van der Waals surface area contributed by atoms with Crippen LogP contribution in [0.2, 0.25) is 0 Å². The normalized spacial score (nSPS) is 10.1. The first-order valence-electron chi connectivity index (χ1n) is 6.56. The molecule has 0 atom stereocenters. The topological polar surface area (TPSA) is 78.7 Å². The fraction of sp³-hybridized carbons (Fsp3) is 0.188. The van der Waals surface area contributed by atoms with Crippen molar-refractivity contribution in [2.24, 2.45) is 0 Å². The second kappa shape index (κ2) is 6.71. The average molecular weight is 301 g/mol. The number of ether oxygens (including phenoxy) is 2. The summed E-state index contributed by atoms with van der Waals surface area (Å²) in [6.07, 6.45) is 0. The molecular formula is C16H15NO5. The molecule has 0 heterocycles. The van der Waals surface area contributed by atoms with E-state index in [9.17, 15) is 14.9 Å². The Hall–Kier alpha value is -2.89. The third-order valence-electron chi connectivity index (χ3n) is 3.05. The number of hydrogen-bond donors (Lipinski definition) is 0. The first-order chi connectivity index (χ1) is 10.5. The Kier molecular flexibility index (Phi) is 4.73. The van der Waals surface area contributed by atoms with Crippen LogP contribution in [0.5, 0.6) is 5.75 Å². The number of carbonyl (C=O) groups excluding carboxylic acids is 1. The van der Waals surface area contributed by atoms with Crippen molar-refractivity contribution < 1.29 is 19.2 Å². The summed E-state index contributed by atoms with van der Waals surface area (Å²) >= 11 is 0. The van der Waals surface area contributed by atoms with E-state index < -0.39 is 10.9 Å². The highest BCUT2D eigenvalue weighted by Crippen LogP contribution is 2.29. The Morgan fingerprint density at radius 2 is 2.00 bits per heavy atom. The van der Waals surface area contributed by atoms with Crippen molar-refractivity contribution in [1.82, 2.24) is 0 Å². The molecule has 22 heavy (non-hydrogen) atoms. The van der Waals surface area contributed by atoms with E-state index in [2.05, 4.69) is 4.74 Å². The molecule has 6 heteroatoms. The minimum Gasteiger partial charge on any atom is -0.482 e. The van der Waals surface area contributed by atoms with Crippen LogP contribution in [0.25, 0.3) is 0 Å². The van der Waals surface area contributed by atoms with Crippen LogP contribution in [0.3, 0.4) is 0 Å². The molecule has 0 aliphatic heterocycles. The van der Waals surface area contributed by atoms with Crippen LogP contribution in [0.1, 0.15) is 21.5 Å². The van der Waals surface area contributed by atoms with Crippen molar-refractivity contribution in [3.05, 3.63) is 69.3 Å². The zero-order chi connectivity index (χ0) is 16.1. The van der Waals surface area contributed by atoms with E-state index in [1.807, 2.05) is 31.2 Å². The SMILES string of the molecule is COC(=O)c1ccc([N+](=O)[O-])c(OCc2cccc(C)c2)c1. The second-order valence-electron chi connectivity index (χ2n) is 4.71. The number of hydrogen-bond acceptors (Lipinski definition) is 5. The quantitative estimate of drug-likeness (QED) is 0.481. The summed E-state index contributed by atoms with van der Waals surface area (Å²) in [6.45, 7) is 2.12. The van der Waals surface area contributed by atoms with E-state index >= 15 is 0 Å². The maximum atomic E-state index is 11.5. The number of nitrogens with zero attached hydrogens (tertiary/aromatic N) is 1. The molecule has 0 aromatic heterocycles. The Labute approximate surface area is 127 Å². The van der Waals surface area contributed by atoms with Crippen molar-refractivity contribution in [3.8, 4) is 5.75 Å². The Morgan fingerprint density at radius 1 is 1.23 bits per heavy atom. The molecule has 114 valence electrons. The molecular weight excluding hydrogens is 286 g/mol. The Morgan fingerprint density at radius 3 is 2.64 bits per heavy atom. The lowest BCUT2D eigenvalue weighted by Crippen LogP contribution is -2.04. The lowest BCUT2D eigenvalue weighted by molar-refractivity contribution is -0.385. The van der Waals surface area contributed by atoms with Crippen LogP contribution in [0.15, 0.2) is 42.5 Å². The summed E-state index contributed by atoms with van der Waals surface area (Å²) < 4.78 is 10.1. The molecule has 0 spiro atoms. The van der Waals surface area contributed by atoms with Crippen LogP contribution in [0.4, 0.5) is 5.69 Å². The van der Waals surface area contributed by atoms with Gasteiger partial charge in [-0.3, -0.25) is 10.1 Å². The van der Waals surface area contributed by atoms with E-state index in [4.69, 9.17) is 4.74 Å². The number of aryl methyl sites for hydroxylation is 1. The van der Waals surface area contributed by atoms with Crippen molar-refractivity contribution >= 4 is 11.7 Å². The molecule has 0 fully saturated rings. The van der Waals surface area contributed by atoms with Crippen LogP contribution < -0.4 is 4.74 Å². The summed E-state index contributed by atoms with van der Waals surface area (Å²) in [7, 11) is 1.25. The highest BCUT2D eigenvalue weighted by Gasteiger charge is 2.18. The Balaban J connectivity index is 2.27. The zero-order valence-electron chi connectivity index (χ0n) is 12.2. The van der Waals surface area contributed by atoms with Crippen molar-refractivity contribution in [1.29, 1.82) is 0 Å². The molecule has 0 N–H and O–H groups in total. The molecule has 0 saturated heterocycles. The van der Waals surface area contributed by atoms with Crippen molar-refractivity contribution in [3.63, 3.8) is 0 Å². The van der Waals surface area contributed by atoms with Crippen LogP contribution in [-0.2, 0) is 11.3 Å². The van der Waals surface area contributed by atoms with Crippen LogP contribution in [-0.4, -0.2) is 18.0 Å². The fourth-order valence-corrected chi connectivity index (χ4v) is 1.99. The summed E-state index contributed by atoms with van der Waals surface area (Å²) in [5.41, 5.74) is 1.96. The smallest absolute Gasteiger partial charge is 0.337 e. The van der Waals surface area contributed by atoms with Gasteiger partial charge in [0, 0.05) is 12.1 Å². The zero-order valence-corrected chi connectivity index (χ0v) is 12.2. The van der Waals surface area contributed by atoms with Gasteiger partial charge < -0.3 is 9.47 Å². The van der Waals surface area contributed by atoms with Gasteiger partial charge in [-0.05, 0) is 18.6 Å². The van der Waals surface area contributed by atoms with Gasteiger partial charge in [-0.1, -0.05) is 29.8 Å². The van der Waals surface area contributed by atoms with Crippen LogP contribution >= 0.6 is 0 Å². The van der Waals surface area contributed by atoms with E-state index in [0.29, 0.717) is 0 Å². The van der Waals surface area contributed by atoms with Gasteiger partial charge in [0.05, 0.1) is 17.6 Å². The number of carbonyl (C=O) groups is 1. The predicted octanol–water partition coefficient (Wildman–Crippen LogP) is 3.27. The third kappa shape index (κ3) is 3.60. The van der Waals surface area contributed by atoms with Gasteiger partial charge >= 0.3 is 11.7 Å². The van der Waals surface area contributed by atoms with Gasteiger partial charge in [0.1, 0.15) is 6.61 Å². The maximum absolute atomic E-state index is 11.5. The number of methoxy groups -OCH3 is 1. The number of benzene rings is 2. The maximum Gasteiger partial charge on any atom is 0.337 e. The third-order valence-corrected chi connectivity index (χ3v) is 3.05. The number of rotatable bonds is 5. The minimum atomic E-state index is -0.574. The summed E-state index contributed by atoms with van der Waals surface area (Å²) in [5.74, 6) is -0.537. The summed E-state index contributed by atoms with van der Waals surface area (Å²) in [4.78, 5) is 22.0. The first kappa shape index (κ1) is 15.5. The van der Waals surface area contributed by atoms with Gasteiger partial charge in [-0.25, -0.2) is 4.79 Å². The Bertz CT molecular complexity index is 711. The van der Waals surface area contributed by atoms with Crippen molar-refractivity contribution in [2.45, 2.75) is 13.5 Å². The molecule has 6 nitrogen and oxygen atoms in total. The molecule has 0 radical (unpaired) electrons. The minimum absolute atomic E-state index is 0.0365. The molecule has 0 bridgehead atoms. The summed E-state index contributed by atoms with van der Waals surface area (Å²) in [5, 5.41) is 11.0. The molecule has 0 aliphatic rings. The fourth-order valence-electron chi connectivity index (χ4n) is 1.99. The monoisotopic (exact) mass is 301 g/mol. The average Bonchev–Trinajstić information content (AvgIpc) is 2.51. The lowest BCUT2D eigenvalue weighted by Gasteiger charge is -2.09. The highest BCUT2D eigenvalue weighted by atomic mass is 16.6. The molecule has 2 aromatic carbocycles. The van der Waals surface area contributed by atoms with Gasteiger partial charge in [-0.15, -0.1) is 0 Å². The number of nitro benzene ring substituents is 1. The molecule has 2 rings (SSSR count). The lowest BCUT2D eigenvalue weighted by atomic mass is 10.1. The van der Waals surface area contributed by atoms with Gasteiger partial charge in [0.15, 0.2) is 5.75 Å². The summed E-state index contributed by atoms with van der Waals surface area (Å²) in [6, 6.07) is 11.5. The number of nitro groups is 1. The first-order valence-corrected chi connectivity index (χ1v) is 6.56. The van der Waals surface area contributed by atoms with Gasteiger partial charge in [0.25, 0.3) is 0 Å². The molecule has 0 unspecified atom stereocenters. The van der Waals surface area contributed by atoms with Gasteiger partial charge in [0.2, 0.25) is 0 Å². The van der Waals surface area contributed by atoms with Crippen LogP contribution in [0, 0.1) is 17.0 Å². The van der Waals surface area contributed by atoms with E-state index in [-0.39, 0.29) is 23.6 Å². The second-order valence-corrected chi connectivity index (χ2v) is 4.71. The van der Waals surface area contributed by atoms with E-state index in [0.717, 1.165) is 11.1 Å². The standard InChI is InChI=1S/C16H15NO5/c1-11-4-3-5-12(8-11)10-22-15-9-13(16(18)21-2)6-7-14(15)17(19)20/h3-9H,10H2,1-2H3.